The number of amides is 1. The minimum atomic E-state index is -1.83. The minimum absolute atomic E-state index is 0.310. The van der Waals surface area contributed by atoms with Crippen LogP contribution in [0.1, 0.15) is 6.42 Å². The fourth-order valence-corrected chi connectivity index (χ4v) is 0.304. The first kappa shape index (κ1) is 13.7. The highest BCUT2D eigenvalue weighted by Gasteiger charge is 2.13. The van der Waals surface area contributed by atoms with E-state index in [0.29, 0.717) is 0 Å². The molecule has 0 aliphatic rings. The van der Waals surface area contributed by atoms with Crippen LogP contribution in [-0.4, -0.2) is 39.4 Å². The number of hydrogen-bond acceptors (Lipinski definition) is 4. The van der Waals surface area contributed by atoms with Gasteiger partial charge in [-0.05, 0) is 0 Å². The second-order valence-corrected chi connectivity index (χ2v) is 1.90. The van der Waals surface area contributed by atoms with E-state index in [1.807, 2.05) is 0 Å². The smallest absolute Gasteiger partial charge is 0.480 e. The average Bonchev–Trinajstić information content (AvgIpc) is 1.83. The van der Waals surface area contributed by atoms with Gasteiger partial charge in [-0.3, -0.25) is 9.59 Å². The van der Waals surface area contributed by atoms with Crippen LogP contribution in [0.25, 0.3) is 0 Å². The summed E-state index contributed by atoms with van der Waals surface area (Å²) in [6.45, 7) is 0. The molecule has 0 unspecified atom stereocenters. The van der Waals surface area contributed by atoms with Crippen molar-refractivity contribution < 1.29 is 29.7 Å². The number of nitrogens with two attached hydrogens (primary N) is 2. The van der Waals surface area contributed by atoms with Gasteiger partial charge in [0, 0.05) is 0 Å². The highest BCUT2D eigenvalue weighted by Crippen LogP contribution is 1.84. The van der Waals surface area contributed by atoms with Gasteiger partial charge < -0.3 is 26.8 Å². The van der Waals surface area contributed by atoms with Gasteiger partial charge in [0.2, 0.25) is 5.91 Å². The highest BCUT2D eigenvalue weighted by molar-refractivity contribution is 5.83. The van der Waals surface area contributed by atoms with Crippen molar-refractivity contribution in [2.45, 2.75) is 12.5 Å². The average molecular weight is 194 g/mol. The van der Waals surface area contributed by atoms with E-state index in [9.17, 15) is 9.59 Å². The quantitative estimate of drug-likeness (QED) is 0.364. The highest BCUT2D eigenvalue weighted by atomic mass is 16.6. The Morgan fingerprint density at radius 1 is 1.15 bits per heavy atom. The molecular formula is C5H10N2O6. The molecule has 8 nitrogen and oxygen atoms in total. The summed E-state index contributed by atoms with van der Waals surface area (Å²) in [7, 11) is 0. The molecule has 7 N–H and O–H groups in total. The van der Waals surface area contributed by atoms with Gasteiger partial charge in [-0.25, -0.2) is 4.79 Å². The second kappa shape index (κ2) is 6.85. The molecule has 0 aromatic carbocycles. The maximum atomic E-state index is 9.99. The molecule has 0 aromatic heterocycles. The summed E-state index contributed by atoms with van der Waals surface area (Å²) in [6, 6.07) is -1.16. The molecular weight excluding hydrogens is 184 g/mol. The van der Waals surface area contributed by atoms with E-state index in [1.165, 1.54) is 0 Å². The zero-order valence-corrected chi connectivity index (χ0v) is 6.51. The molecule has 0 rings (SSSR count). The van der Waals surface area contributed by atoms with E-state index < -0.39 is 24.1 Å². The van der Waals surface area contributed by atoms with Crippen molar-refractivity contribution in [3.8, 4) is 0 Å². The number of carboxylic acids is 1. The first-order valence-electron chi connectivity index (χ1n) is 2.96. The van der Waals surface area contributed by atoms with E-state index >= 15 is 0 Å². The summed E-state index contributed by atoms with van der Waals surface area (Å²) < 4.78 is 0. The molecule has 76 valence electrons. The van der Waals surface area contributed by atoms with Crippen LogP contribution in [0.15, 0.2) is 0 Å². The van der Waals surface area contributed by atoms with Crippen LogP contribution in [-0.2, 0) is 9.59 Å². The third-order valence-electron chi connectivity index (χ3n) is 0.738. The van der Waals surface area contributed by atoms with E-state index in [4.69, 9.17) is 25.8 Å². The number of primary amides is 1. The third kappa shape index (κ3) is 17.8. The normalized spacial score (nSPS) is 10.5. The Balaban J connectivity index is 0. The van der Waals surface area contributed by atoms with Crippen molar-refractivity contribution in [3.63, 3.8) is 0 Å². The van der Waals surface area contributed by atoms with Gasteiger partial charge in [-0.2, -0.15) is 0 Å². The predicted octanol–water partition coefficient (Wildman–Crippen LogP) is -1.50. The van der Waals surface area contributed by atoms with Gasteiger partial charge in [-0.1, -0.05) is 0 Å². The summed E-state index contributed by atoms with van der Waals surface area (Å²) in [4.78, 5) is 28.5. The minimum Gasteiger partial charge on any atom is -0.480 e. The Hall–Kier alpha value is -1.83. The number of carbonyl (C=O) groups is 3. The van der Waals surface area contributed by atoms with Crippen molar-refractivity contribution in [2.24, 2.45) is 11.5 Å². The Bertz CT molecular complexity index is 199. The molecule has 0 saturated heterocycles. The van der Waals surface area contributed by atoms with Crippen LogP contribution in [0.4, 0.5) is 4.79 Å². The third-order valence-corrected chi connectivity index (χ3v) is 0.738. The Labute approximate surface area is 72.8 Å². The molecule has 0 spiro atoms. The van der Waals surface area contributed by atoms with E-state index in [2.05, 4.69) is 5.73 Å². The van der Waals surface area contributed by atoms with Gasteiger partial charge in [-0.15, -0.1) is 0 Å². The molecule has 1 atom stereocenters. The summed E-state index contributed by atoms with van der Waals surface area (Å²) in [5.74, 6) is -1.92. The van der Waals surface area contributed by atoms with Crippen LogP contribution >= 0.6 is 0 Å². The monoisotopic (exact) mass is 194 g/mol. The van der Waals surface area contributed by atoms with Crippen LogP contribution < -0.4 is 11.5 Å². The SMILES string of the molecule is NC(=O)C[C@H](N)C(=O)O.O=C(O)O. The molecule has 0 aromatic rings. The topological polar surface area (TPSA) is 164 Å². The second-order valence-electron chi connectivity index (χ2n) is 1.90. The lowest BCUT2D eigenvalue weighted by molar-refractivity contribution is -0.140. The molecule has 13 heavy (non-hydrogen) atoms. The molecule has 1 amide bonds. The molecule has 0 radical (unpaired) electrons. The molecule has 0 aliphatic heterocycles. The van der Waals surface area contributed by atoms with Gasteiger partial charge in [0.15, 0.2) is 0 Å². The van der Waals surface area contributed by atoms with Crippen LogP contribution in [0.3, 0.4) is 0 Å². The zero-order valence-electron chi connectivity index (χ0n) is 6.51. The van der Waals surface area contributed by atoms with E-state index in [1.54, 1.807) is 0 Å². The van der Waals surface area contributed by atoms with Crippen molar-refractivity contribution in [2.75, 3.05) is 0 Å². The Kier molecular flexibility index (Phi) is 7.24. The summed E-state index contributed by atoms with van der Waals surface area (Å²) in [5.41, 5.74) is 9.57. The number of carbonyl (C=O) groups excluding carboxylic acids is 1. The molecule has 0 heterocycles. The maximum Gasteiger partial charge on any atom is 0.503 e. The van der Waals surface area contributed by atoms with Crippen molar-refractivity contribution in [1.82, 2.24) is 0 Å². The number of rotatable bonds is 3. The Morgan fingerprint density at radius 3 is 1.54 bits per heavy atom. The van der Waals surface area contributed by atoms with Crippen molar-refractivity contribution in [3.05, 3.63) is 0 Å². The van der Waals surface area contributed by atoms with Crippen molar-refractivity contribution >= 4 is 18.0 Å². The van der Waals surface area contributed by atoms with Gasteiger partial charge >= 0.3 is 12.1 Å². The lowest BCUT2D eigenvalue weighted by Crippen LogP contribution is -2.34. The summed E-state index contributed by atoms with van der Waals surface area (Å²) in [5, 5.41) is 22.0. The van der Waals surface area contributed by atoms with Crippen LogP contribution in [0, 0.1) is 0 Å². The molecule has 0 fully saturated rings. The Morgan fingerprint density at radius 2 is 1.46 bits per heavy atom. The fourth-order valence-electron chi connectivity index (χ4n) is 0.304. The van der Waals surface area contributed by atoms with E-state index in [0.717, 1.165) is 0 Å². The molecule has 8 heteroatoms. The standard InChI is InChI=1S/C4H8N2O3.CH2O3/c5-2(4(8)9)1-3(6)7;2-1(3)4/h2H,1,5H2,(H2,6,7)(H,8,9);(H2,2,3,4)/t2-;/m0./s1. The van der Waals surface area contributed by atoms with Crippen LogP contribution in [0.2, 0.25) is 0 Å². The van der Waals surface area contributed by atoms with Crippen LogP contribution in [0.5, 0.6) is 0 Å². The van der Waals surface area contributed by atoms with Gasteiger partial charge in [0.05, 0.1) is 6.42 Å². The fraction of sp³-hybridized carbons (Fsp3) is 0.400. The first-order chi connectivity index (χ1) is 5.77. The lowest BCUT2D eigenvalue weighted by Gasteiger charge is -1.99. The van der Waals surface area contributed by atoms with E-state index in [-0.39, 0.29) is 6.42 Å². The summed E-state index contributed by atoms with van der Waals surface area (Å²) in [6.07, 6.45) is -2.14. The first-order valence-corrected chi connectivity index (χ1v) is 2.96. The predicted molar refractivity (Wildman–Crippen MR) is 40.1 cm³/mol. The van der Waals surface area contributed by atoms with Crippen molar-refractivity contribution in [1.29, 1.82) is 0 Å². The number of carboxylic acid groups (broad SMARTS) is 3. The lowest BCUT2D eigenvalue weighted by atomic mass is 10.2. The zero-order chi connectivity index (χ0) is 11.0. The van der Waals surface area contributed by atoms with Gasteiger partial charge in [0.25, 0.3) is 0 Å². The summed E-state index contributed by atoms with van der Waals surface area (Å²) >= 11 is 0. The number of aliphatic carboxylic acids is 1. The molecule has 0 aliphatic carbocycles. The van der Waals surface area contributed by atoms with Gasteiger partial charge in [0.1, 0.15) is 6.04 Å². The largest absolute Gasteiger partial charge is 0.503 e. The molecule has 0 saturated carbocycles. The maximum absolute atomic E-state index is 9.99. The molecule has 0 bridgehead atoms. The number of hydrogen-bond donors (Lipinski definition) is 5.